The van der Waals surface area contributed by atoms with Crippen molar-refractivity contribution in [1.29, 1.82) is 0 Å². The number of halogens is 1. The molecule has 1 aliphatic carbocycles. The summed E-state index contributed by atoms with van der Waals surface area (Å²) in [6.45, 7) is 2.00. The minimum Gasteiger partial charge on any atom is -0.378 e. The van der Waals surface area contributed by atoms with Crippen molar-refractivity contribution in [3.8, 4) is 0 Å². The van der Waals surface area contributed by atoms with Crippen molar-refractivity contribution < 1.29 is 4.74 Å². The molecule has 1 N–H and O–H groups in total. The lowest BCUT2D eigenvalue weighted by Crippen LogP contribution is -2.26. The van der Waals surface area contributed by atoms with E-state index in [0.717, 1.165) is 30.6 Å². The van der Waals surface area contributed by atoms with E-state index in [0.29, 0.717) is 12.0 Å². The van der Waals surface area contributed by atoms with Crippen LogP contribution >= 0.6 is 11.6 Å². The molecular formula is C16H22ClNO. The monoisotopic (exact) mass is 279 g/mol. The van der Waals surface area contributed by atoms with Gasteiger partial charge in [-0.15, -0.1) is 0 Å². The van der Waals surface area contributed by atoms with Gasteiger partial charge in [0.1, 0.15) is 0 Å². The lowest BCUT2D eigenvalue weighted by Gasteiger charge is -2.21. The molecule has 2 fully saturated rings. The fourth-order valence-corrected chi connectivity index (χ4v) is 2.94. The molecule has 0 bridgehead atoms. The Morgan fingerprint density at radius 2 is 2.00 bits per heavy atom. The summed E-state index contributed by atoms with van der Waals surface area (Å²) >= 11 is 5.98. The summed E-state index contributed by atoms with van der Waals surface area (Å²) in [6.07, 6.45) is 6.69. The smallest absolute Gasteiger partial charge is 0.0582 e. The summed E-state index contributed by atoms with van der Waals surface area (Å²) in [4.78, 5) is 0. The molecule has 0 aromatic heterocycles. The zero-order chi connectivity index (χ0) is 13.1. The minimum absolute atomic E-state index is 0.446. The average molecular weight is 280 g/mol. The van der Waals surface area contributed by atoms with E-state index in [4.69, 9.17) is 16.3 Å². The first-order valence-electron chi connectivity index (χ1n) is 7.42. The Balaban J connectivity index is 1.64. The Labute approximate surface area is 120 Å². The van der Waals surface area contributed by atoms with Gasteiger partial charge in [-0.1, -0.05) is 23.7 Å². The Morgan fingerprint density at radius 1 is 1.21 bits per heavy atom. The second-order valence-electron chi connectivity index (χ2n) is 5.80. The third-order valence-electron chi connectivity index (χ3n) is 4.14. The quantitative estimate of drug-likeness (QED) is 0.856. The van der Waals surface area contributed by atoms with Gasteiger partial charge in [0.25, 0.3) is 0 Å². The van der Waals surface area contributed by atoms with Crippen molar-refractivity contribution in [3.05, 3.63) is 34.9 Å². The molecule has 2 nitrogen and oxygen atoms in total. The first-order chi connectivity index (χ1) is 9.31. The lowest BCUT2D eigenvalue weighted by molar-refractivity contribution is 0.0976. The number of benzene rings is 1. The molecule has 1 aromatic rings. The molecule has 2 aliphatic rings. The molecule has 1 aromatic carbocycles. The number of ether oxygens (including phenoxy) is 1. The molecule has 1 saturated carbocycles. The van der Waals surface area contributed by atoms with E-state index in [1.807, 2.05) is 12.1 Å². The van der Waals surface area contributed by atoms with Gasteiger partial charge >= 0.3 is 0 Å². The standard InChI is InChI=1S/C16H22ClNO/c17-14-5-3-12(4-6-14)13(11-18-15-7-8-15)10-16-2-1-9-19-16/h3-6,13,15-16,18H,1-2,7-11H2. The molecule has 2 atom stereocenters. The van der Waals surface area contributed by atoms with Crippen LogP contribution in [0, 0.1) is 0 Å². The van der Waals surface area contributed by atoms with Crippen LogP contribution in [-0.4, -0.2) is 25.3 Å². The molecular weight excluding hydrogens is 258 g/mol. The summed E-state index contributed by atoms with van der Waals surface area (Å²) < 4.78 is 5.80. The summed E-state index contributed by atoms with van der Waals surface area (Å²) in [5.41, 5.74) is 1.38. The highest BCUT2D eigenvalue weighted by Gasteiger charge is 2.25. The van der Waals surface area contributed by atoms with Crippen molar-refractivity contribution in [3.63, 3.8) is 0 Å². The topological polar surface area (TPSA) is 21.3 Å². The molecule has 1 heterocycles. The van der Waals surface area contributed by atoms with Gasteiger partial charge in [-0.25, -0.2) is 0 Å². The molecule has 0 amide bonds. The van der Waals surface area contributed by atoms with E-state index in [9.17, 15) is 0 Å². The van der Waals surface area contributed by atoms with Crippen LogP contribution in [-0.2, 0) is 4.74 Å². The maximum atomic E-state index is 5.98. The number of hydrogen-bond acceptors (Lipinski definition) is 2. The van der Waals surface area contributed by atoms with Crippen LogP contribution in [0.1, 0.15) is 43.6 Å². The lowest BCUT2D eigenvalue weighted by atomic mass is 9.92. The molecule has 104 valence electrons. The molecule has 0 radical (unpaired) electrons. The van der Waals surface area contributed by atoms with Gasteiger partial charge in [-0.05, 0) is 55.7 Å². The van der Waals surface area contributed by atoms with Gasteiger partial charge < -0.3 is 10.1 Å². The SMILES string of the molecule is Clc1ccc(C(CNC2CC2)CC2CCCO2)cc1. The van der Waals surface area contributed by atoms with E-state index >= 15 is 0 Å². The molecule has 0 spiro atoms. The highest BCUT2D eigenvalue weighted by atomic mass is 35.5. The Bertz CT molecular complexity index is 396. The summed E-state index contributed by atoms with van der Waals surface area (Å²) in [6, 6.07) is 9.08. The predicted molar refractivity (Wildman–Crippen MR) is 78.8 cm³/mol. The predicted octanol–water partition coefficient (Wildman–Crippen LogP) is 3.74. The average Bonchev–Trinajstić information content (AvgIpc) is 3.11. The van der Waals surface area contributed by atoms with Crippen LogP contribution in [0.15, 0.2) is 24.3 Å². The summed E-state index contributed by atoms with van der Waals surface area (Å²) in [7, 11) is 0. The zero-order valence-corrected chi connectivity index (χ0v) is 12.0. The van der Waals surface area contributed by atoms with Gasteiger partial charge in [0.05, 0.1) is 6.10 Å². The van der Waals surface area contributed by atoms with Crippen LogP contribution in [0.3, 0.4) is 0 Å². The number of nitrogens with one attached hydrogen (secondary N) is 1. The molecule has 3 rings (SSSR count). The summed E-state index contributed by atoms with van der Waals surface area (Å²) in [5.74, 6) is 0.543. The zero-order valence-electron chi connectivity index (χ0n) is 11.3. The van der Waals surface area contributed by atoms with Gasteiger partial charge in [-0.2, -0.15) is 0 Å². The van der Waals surface area contributed by atoms with Gasteiger partial charge in [0, 0.05) is 24.2 Å². The number of hydrogen-bond donors (Lipinski definition) is 1. The highest BCUT2D eigenvalue weighted by molar-refractivity contribution is 6.30. The molecule has 2 unspecified atom stereocenters. The van der Waals surface area contributed by atoms with Crippen LogP contribution in [0.4, 0.5) is 0 Å². The first kappa shape index (κ1) is 13.4. The minimum atomic E-state index is 0.446. The summed E-state index contributed by atoms with van der Waals surface area (Å²) in [5, 5.41) is 4.47. The third-order valence-corrected chi connectivity index (χ3v) is 4.40. The van der Waals surface area contributed by atoms with Crippen LogP contribution in [0.5, 0.6) is 0 Å². The van der Waals surface area contributed by atoms with Gasteiger partial charge in [0.15, 0.2) is 0 Å². The molecule has 19 heavy (non-hydrogen) atoms. The maximum Gasteiger partial charge on any atom is 0.0582 e. The fraction of sp³-hybridized carbons (Fsp3) is 0.625. The first-order valence-corrected chi connectivity index (χ1v) is 7.79. The molecule has 1 aliphatic heterocycles. The van der Waals surface area contributed by atoms with Crippen molar-refractivity contribution in [2.45, 2.75) is 50.2 Å². The molecule has 3 heteroatoms. The van der Waals surface area contributed by atoms with Crippen molar-refractivity contribution >= 4 is 11.6 Å². The van der Waals surface area contributed by atoms with E-state index in [1.165, 1.54) is 31.2 Å². The largest absolute Gasteiger partial charge is 0.378 e. The van der Waals surface area contributed by atoms with Crippen molar-refractivity contribution in [2.24, 2.45) is 0 Å². The number of rotatable bonds is 6. The van der Waals surface area contributed by atoms with Crippen LogP contribution in [0.2, 0.25) is 5.02 Å². The Kier molecular flexibility index (Phi) is 4.42. The maximum absolute atomic E-state index is 5.98. The van der Waals surface area contributed by atoms with Gasteiger partial charge in [0.2, 0.25) is 0 Å². The van der Waals surface area contributed by atoms with E-state index in [-0.39, 0.29) is 0 Å². The van der Waals surface area contributed by atoms with Crippen LogP contribution in [0.25, 0.3) is 0 Å². The van der Waals surface area contributed by atoms with Crippen molar-refractivity contribution in [2.75, 3.05) is 13.2 Å². The third kappa shape index (κ3) is 3.95. The van der Waals surface area contributed by atoms with Gasteiger partial charge in [-0.3, -0.25) is 0 Å². The fourth-order valence-electron chi connectivity index (χ4n) is 2.82. The van der Waals surface area contributed by atoms with E-state index in [1.54, 1.807) is 0 Å². The Hall–Kier alpha value is -0.570. The van der Waals surface area contributed by atoms with E-state index in [2.05, 4.69) is 17.4 Å². The second-order valence-corrected chi connectivity index (χ2v) is 6.24. The molecule has 1 saturated heterocycles. The van der Waals surface area contributed by atoms with Crippen molar-refractivity contribution in [1.82, 2.24) is 5.32 Å². The normalized spacial score (nSPS) is 24.6. The highest BCUT2D eigenvalue weighted by Crippen LogP contribution is 2.29. The Morgan fingerprint density at radius 3 is 2.63 bits per heavy atom. The second kappa shape index (κ2) is 6.25. The van der Waals surface area contributed by atoms with E-state index < -0.39 is 0 Å². The van der Waals surface area contributed by atoms with Crippen LogP contribution < -0.4 is 5.32 Å².